The van der Waals surface area contributed by atoms with Gasteiger partial charge >= 0.3 is 5.97 Å². The summed E-state index contributed by atoms with van der Waals surface area (Å²) in [6, 6.07) is 39.4. The van der Waals surface area contributed by atoms with E-state index in [2.05, 4.69) is 0 Å². The molecule has 0 aliphatic carbocycles. The van der Waals surface area contributed by atoms with Gasteiger partial charge in [0, 0.05) is 0 Å². The smallest absolute Gasteiger partial charge is 0.338 e. The molecule has 0 bridgehead atoms. The van der Waals surface area contributed by atoms with Crippen molar-refractivity contribution in [2.24, 2.45) is 0 Å². The third-order valence-electron chi connectivity index (χ3n) is 6.73. The number of hydrogen-bond donors (Lipinski definition) is 0. The molecule has 0 amide bonds. The van der Waals surface area contributed by atoms with Crippen LogP contribution in [0.1, 0.15) is 22.3 Å². The first kappa shape index (κ1) is 27.7. The van der Waals surface area contributed by atoms with Gasteiger partial charge in [-0.15, -0.1) is 0 Å². The molecule has 1 fully saturated rings. The van der Waals surface area contributed by atoms with Crippen LogP contribution in [0.5, 0.6) is 0 Å². The number of hydrogen-bond acceptors (Lipinski definition) is 6. The van der Waals surface area contributed by atoms with E-state index in [9.17, 15) is 4.79 Å². The van der Waals surface area contributed by atoms with Crippen molar-refractivity contribution in [3.05, 3.63) is 144 Å². The Kier molecular flexibility index (Phi) is 10.1. The molecule has 6 heteroatoms. The number of benzene rings is 4. The van der Waals surface area contributed by atoms with Crippen molar-refractivity contribution < 1.29 is 28.5 Å². The molecular weight excluding hydrogens is 504 g/mol. The molecule has 0 radical (unpaired) electrons. The van der Waals surface area contributed by atoms with Crippen LogP contribution in [0.15, 0.2) is 121 Å². The zero-order chi connectivity index (χ0) is 27.4. The fraction of sp³-hybridized carbons (Fsp3) is 0.265. The quantitative estimate of drug-likeness (QED) is 0.198. The van der Waals surface area contributed by atoms with E-state index in [0.29, 0.717) is 19.8 Å². The molecule has 0 aromatic heterocycles. The van der Waals surface area contributed by atoms with E-state index in [1.54, 1.807) is 0 Å². The SMILES string of the molecule is O=C1OC(COCc2ccccc2)[C@@H](OCc2ccccc2)[C@H](OCc2ccccc2)[C@@H]1OCc1ccccc1. The summed E-state index contributed by atoms with van der Waals surface area (Å²) in [5, 5.41) is 0. The van der Waals surface area contributed by atoms with Crippen LogP contribution in [0.3, 0.4) is 0 Å². The van der Waals surface area contributed by atoms with Crippen molar-refractivity contribution in [1.29, 1.82) is 0 Å². The summed E-state index contributed by atoms with van der Waals surface area (Å²) >= 11 is 0. The zero-order valence-corrected chi connectivity index (χ0v) is 22.3. The van der Waals surface area contributed by atoms with Crippen molar-refractivity contribution in [1.82, 2.24) is 0 Å². The van der Waals surface area contributed by atoms with Crippen molar-refractivity contribution >= 4 is 5.97 Å². The highest BCUT2D eigenvalue weighted by Gasteiger charge is 2.48. The van der Waals surface area contributed by atoms with Gasteiger partial charge in [0.05, 0.1) is 33.0 Å². The van der Waals surface area contributed by atoms with E-state index in [1.165, 1.54) is 0 Å². The van der Waals surface area contributed by atoms with E-state index in [0.717, 1.165) is 22.3 Å². The van der Waals surface area contributed by atoms with Crippen molar-refractivity contribution in [3.63, 3.8) is 0 Å². The normalized spacial score (nSPS) is 20.6. The average molecular weight is 539 g/mol. The molecule has 1 heterocycles. The number of carbonyl (C=O) groups is 1. The number of cyclic esters (lactones) is 1. The highest BCUT2D eigenvalue weighted by molar-refractivity contribution is 5.77. The summed E-state index contributed by atoms with van der Waals surface area (Å²) in [6.45, 7) is 1.43. The minimum absolute atomic E-state index is 0.163. The predicted molar refractivity (Wildman–Crippen MR) is 151 cm³/mol. The maximum Gasteiger partial charge on any atom is 0.338 e. The van der Waals surface area contributed by atoms with E-state index in [1.807, 2.05) is 121 Å². The first-order valence-corrected chi connectivity index (χ1v) is 13.5. The van der Waals surface area contributed by atoms with Gasteiger partial charge in [0.15, 0.2) is 12.2 Å². The van der Waals surface area contributed by atoms with Crippen LogP contribution >= 0.6 is 0 Å². The van der Waals surface area contributed by atoms with Gasteiger partial charge in [-0.1, -0.05) is 121 Å². The molecule has 0 N–H and O–H groups in total. The molecule has 0 saturated carbocycles. The summed E-state index contributed by atoms with van der Waals surface area (Å²) in [7, 11) is 0. The Bertz CT molecular complexity index is 1280. The fourth-order valence-corrected chi connectivity index (χ4v) is 4.64. The van der Waals surface area contributed by atoms with Crippen molar-refractivity contribution in [2.45, 2.75) is 50.8 Å². The van der Waals surface area contributed by atoms with Gasteiger partial charge in [0.2, 0.25) is 0 Å². The molecule has 0 spiro atoms. The van der Waals surface area contributed by atoms with Crippen LogP contribution in [0.4, 0.5) is 0 Å². The van der Waals surface area contributed by atoms with E-state index >= 15 is 0 Å². The standard InChI is InChI=1S/C34H34O6/c35-34-33(39-24-29-19-11-4-12-20-29)32(38-23-28-17-9-3-10-18-28)31(37-22-27-15-7-2-8-16-27)30(40-34)25-36-21-26-13-5-1-6-14-26/h1-20,30-33H,21-25H2/t30?,31-,32+,33+/m1/s1. The molecule has 40 heavy (non-hydrogen) atoms. The molecule has 1 saturated heterocycles. The highest BCUT2D eigenvalue weighted by Crippen LogP contribution is 2.28. The minimum Gasteiger partial charge on any atom is -0.455 e. The Morgan fingerprint density at radius 2 is 0.900 bits per heavy atom. The fourth-order valence-electron chi connectivity index (χ4n) is 4.64. The lowest BCUT2D eigenvalue weighted by Gasteiger charge is -2.41. The number of esters is 1. The predicted octanol–water partition coefficient (Wildman–Crippen LogP) is 5.88. The van der Waals surface area contributed by atoms with Gasteiger partial charge in [-0.05, 0) is 22.3 Å². The Hall–Kier alpha value is -3.81. The van der Waals surface area contributed by atoms with Crippen LogP contribution in [-0.4, -0.2) is 37.0 Å². The topological polar surface area (TPSA) is 63.2 Å². The second-order valence-corrected chi connectivity index (χ2v) is 9.72. The van der Waals surface area contributed by atoms with Crippen LogP contribution in [0.25, 0.3) is 0 Å². The maximum absolute atomic E-state index is 13.4. The van der Waals surface area contributed by atoms with E-state index < -0.39 is 30.4 Å². The molecule has 4 aromatic carbocycles. The lowest BCUT2D eigenvalue weighted by Crippen LogP contribution is -2.59. The maximum atomic E-state index is 13.4. The van der Waals surface area contributed by atoms with E-state index in [-0.39, 0.29) is 13.2 Å². The number of carbonyl (C=O) groups excluding carboxylic acids is 1. The Balaban J connectivity index is 1.36. The first-order valence-electron chi connectivity index (χ1n) is 13.5. The summed E-state index contributed by atoms with van der Waals surface area (Å²) in [4.78, 5) is 13.4. The second kappa shape index (κ2) is 14.5. The molecular formula is C34H34O6. The van der Waals surface area contributed by atoms with Crippen LogP contribution in [0.2, 0.25) is 0 Å². The van der Waals surface area contributed by atoms with Gasteiger partial charge < -0.3 is 23.7 Å². The van der Waals surface area contributed by atoms with Gasteiger partial charge in [-0.25, -0.2) is 4.79 Å². The van der Waals surface area contributed by atoms with Gasteiger partial charge in [-0.3, -0.25) is 0 Å². The van der Waals surface area contributed by atoms with Crippen molar-refractivity contribution in [3.8, 4) is 0 Å². The second-order valence-electron chi connectivity index (χ2n) is 9.72. The zero-order valence-electron chi connectivity index (χ0n) is 22.3. The number of rotatable bonds is 13. The van der Waals surface area contributed by atoms with Crippen molar-refractivity contribution in [2.75, 3.05) is 6.61 Å². The summed E-state index contributed by atoms with van der Waals surface area (Å²) in [5.74, 6) is -0.484. The van der Waals surface area contributed by atoms with Crippen LogP contribution in [0, 0.1) is 0 Å². The van der Waals surface area contributed by atoms with E-state index in [4.69, 9.17) is 23.7 Å². The molecule has 4 aromatic rings. The minimum atomic E-state index is -0.963. The summed E-state index contributed by atoms with van der Waals surface area (Å²) in [6.07, 6.45) is -2.95. The number of ether oxygens (including phenoxy) is 5. The lowest BCUT2D eigenvalue weighted by atomic mass is 9.98. The molecule has 1 aliphatic rings. The first-order chi connectivity index (χ1) is 19.8. The Labute approximate surface area is 235 Å². The third kappa shape index (κ3) is 7.87. The third-order valence-corrected chi connectivity index (χ3v) is 6.73. The molecule has 1 unspecified atom stereocenters. The van der Waals surface area contributed by atoms with Gasteiger partial charge in [0.1, 0.15) is 12.2 Å². The summed E-state index contributed by atoms with van der Waals surface area (Å²) in [5.41, 5.74) is 3.98. The Morgan fingerprint density at radius 1 is 0.500 bits per heavy atom. The largest absolute Gasteiger partial charge is 0.455 e. The molecule has 6 nitrogen and oxygen atoms in total. The molecule has 1 aliphatic heterocycles. The molecule has 206 valence electrons. The lowest BCUT2D eigenvalue weighted by molar-refractivity contribution is -0.239. The average Bonchev–Trinajstić information content (AvgIpc) is 3.01. The summed E-state index contributed by atoms with van der Waals surface area (Å²) < 4.78 is 31.0. The van der Waals surface area contributed by atoms with Crippen LogP contribution < -0.4 is 0 Å². The molecule has 4 atom stereocenters. The molecule has 5 rings (SSSR count). The van der Waals surface area contributed by atoms with Crippen LogP contribution in [-0.2, 0) is 54.9 Å². The van der Waals surface area contributed by atoms with Gasteiger partial charge in [0.25, 0.3) is 0 Å². The highest BCUT2D eigenvalue weighted by atomic mass is 16.6. The monoisotopic (exact) mass is 538 g/mol. The Morgan fingerprint density at radius 3 is 1.38 bits per heavy atom. The van der Waals surface area contributed by atoms with Gasteiger partial charge in [-0.2, -0.15) is 0 Å².